The van der Waals surface area contributed by atoms with E-state index in [2.05, 4.69) is 45.0 Å². The Bertz CT molecular complexity index is 642. The molecule has 96 valence electrons. The molecular weight excluding hydrogens is 232 g/mol. The van der Waals surface area contributed by atoms with E-state index in [-0.39, 0.29) is 0 Å². The first-order chi connectivity index (χ1) is 9.15. The van der Waals surface area contributed by atoms with Crippen molar-refractivity contribution in [1.82, 2.24) is 0 Å². The average Bonchev–Trinajstić information content (AvgIpc) is 2.43. The highest BCUT2D eigenvalue weighted by Gasteiger charge is 2.13. The maximum Gasteiger partial charge on any atom is 0.127 e. The molecule has 3 rings (SSSR count). The van der Waals surface area contributed by atoms with Gasteiger partial charge < -0.3 is 4.74 Å². The zero-order valence-electron chi connectivity index (χ0n) is 11.7. The van der Waals surface area contributed by atoms with Crippen molar-refractivity contribution in [2.24, 2.45) is 0 Å². The molecule has 1 aliphatic rings. The summed E-state index contributed by atoms with van der Waals surface area (Å²) in [7, 11) is 0. The second-order valence-electron chi connectivity index (χ2n) is 5.23. The van der Waals surface area contributed by atoms with Crippen LogP contribution in [0.3, 0.4) is 0 Å². The molecule has 0 N–H and O–H groups in total. The van der Waals surface area contributed by atoms with E-state index in [0.29, 0.717) is 6.61 Å². The number of para-hydroxylation sites is 1. The van der Waals surface area contributed by atoms with E-state index in [4.69, 9.17) is 4.74 Å². The molecule has 0 fully saturated rings. The van der Waals surface area contributed by atoms with Crippen LogP contribution < -0.4 is 4.74 Å². The molecule has 0 bridgehead atoms. The summed E-state index contributed by atoms with van der Waals surface area (Å²) in [6.07, 6.45) is 2.24. The van der Waals surface area contributed by atoms with Crippen molar-refractivity contribution < 1.29 is 4.74 Å². The minimum absolute atomic E-state index is 0.652. The van der Waals surface area contributed by atoms with Crippen molar-refractivity contribution in [2.45, 2.75) is 20.8 Å². The Labute approximate surface area is 114 Å². The number of aryl methyl sites for hydroxylation is 2. The van der Waals surface area contributed by atoms with E-state index < -0.39 is 0 Å². The third-order valence-corrected chi connectivity index (χ3v) is 3.93. The Morgan fingerprint density at radius 2 is 1.63 bits per heavy atom. The van der Waals surface area contributed by atoms with Crippen LogP contribution >= 0.6 is 0 Å². The van der Waals surface area contributed by atoms with Crippen molar-refractivity contribution >= 4 is 11.6 Å². The Kier molecular flexibility index (Phi) is 2.90. The molecule has 0 unspecified atom stereocenters. The number of fused-ring (bicyclic) bond motifs is 1. The van der Waals surface area contributed by atoms with Gasteiger partial charge in [0.1, 0.15) is 12.4 Å². The maximum absolute atomic E-state index is 5.83. The molecule has 19 heavy (non-hydrogen) atoms. The quantitative estimate of drug-likeness (QED) is 0.721. The van der Waals surface area contributed by atoms with Gasteiger partial charge in [0.25, 0.3) is 0 Å². The first-order valence-corrected chi connectivity index (χ1v) is 6.66. The van der Waals surface area contributed by atoms with Crippen LogP contribution in [0.1, 0.15) is 27.8 Å². The van der Waals surface area contributed by atoms with Gasteiger partial charge in [0.2, 0.25) is 0 Å². The van der Waals surface area contributed by atoms with Crippen LogP contribution in [-0.4, -0.2) is 6.61 Å². The highest BCUT2D eigenvalue weighted by Crippen LogP contribution is 2.31. The van der Waals surface area contributed by atoms with E-state index in [1.165, 1.54) is 33.4 Å². The van der Waals surface area contributed by atoms with Crippen LogP contribution in [0, 0.1) is 20.8 Å². The van der Waals surface area contributed by atoms with Gasteiger partial charge in [-0.2, -0.15) is 0 Å². The molecular formula is C18H18O. The van der Waals surface area contributed by atoms with Gasteiger partial charge in [0.15, 0.2) is 0 Å². The first-order valence-electron chi connectivity index (χ1n) is 6.66. The molecule has 2 aromatic rings. The molecule has 0 spiro atoms. The summed E-state index contributed by atoms with van der Waals surface area (Å²) in [5, 5.41) is 0. The molecule has 0 saturated heterocycles. The second kappa shape index (κ2) is 4.58. The van der Waals surface area contributed by atoms with Crippen LogP contribution in [0.5, 0.6) is 5.75 Å². The second-order valence-corrected chi connectivity index (χ2v) is 5.23. The van der Waals surface area contributed by atoms with Gasteiger partial charge in [-0.1, -0.05) is 30.3 Å². The van der Waals surface area contributed by atoms with Gasteiger partial charge in [0.05, 0.1) is 0 Å². The normalized spacial score (nSPS) is 13.5. The van der Waals surface area contributed by atoms with Crippen LogP contribution in [0.2, 0.25) is 0 Å². The molecule has 0 aromatic heterocycles. The number of hydrogen-bond donors (Lipinski definition) is 0. The smallest absolute Gasteiger partial charge is 0.127 e. The number of ether oxygens (including phenoxy) is 1. The Morgan fingerprint density at radius 1 is 0.947 bits per heavy atom. The minimum atomic E-state index is 0.652. The van der Waals surface area contributed by atoms with E-state index >= 15 is 0 Å². The summed E-state index contributed by atoms with van der Waals surface area (Å²) in [5.41, 5.74) is 7.76. The molecule has 1 aliphatic heterocycles. The number of hydrogen-bond acceptors (Lipinski definition) is 1. The monoisotopic (exact) mass is 250 g/mol. The summed E-state index contributed by atoms with van der Waals surface area (Å²) in [6, 6.07) is 12.7. The van der Waals surface area contributed by atoms with E-state index in [0.717, 1.165) is 5.75 Å². The number of rotatable bonds is 1. The topological polar surface area (TPSA) is 9.23 Å². The van der Waals surface area contributed by atoms with E-state index in [1.54, 1.807) is 0 Å². The zero-order chi connectivity index (χ0) is 13.4. The maximum atomic E-state index is 5.83. The molecule has 2 aromatic carbocycles. The van der Waals surface area contributed by atoms with Gasteiger partial charge >= 0.3 is 0 Å². The predicted octanol–water partition coefficient (Wildman–Crippen LogP) is 4.54. The lowest BCUT2D eigenvalue weighted by Gasteiger charge is -2.19. The summed E-state index contributed by atoms with van der Waals surface area (Å²) < 4.78 is 5.83. The van der Waals surface area contributed by atoms with Crippen molar-refractivity contribution in [1.29, 1.82) is 0 Å². The molecule has 0 amide bonds. The van der Waals surface area contributed by atoms with Crippen LogP contribution in [0.4, 0.5) is 0 Å². The molecule has 0 atom stereocenters. The van der Waals surface area contributed by atoms with Gasteiger partial charge in [-0.05, 0) is 60.7 Å². The standard InChI is InChI=1S/C18H18O/c1-12-8-16(9-13(2)14(12)3)17-10-15-6-4-5-7-18(15)19-11-17/h4-10H,11H2,1-3H3. The Balaban J connectivity index is 2.07. The Hall–Kier alpha value is -2.02. The fraction of sp³-hybridized carbons (Fsp3) is 0.222. The van der Waals surface area contributed by atoms with Crippen molar-refractivity contribution in [3.8, 4) is 5.75 Å². The summed E-state index contributed by atoms with van der Waals surface area (Å²) in [5.74, 6) is 0.979. The van der Waals surface area contributed by atoms with Crippen molar-refractivity contribution in [3.63, 3.8) is 0 Å². The molecule has 0 aliphatic carbocycles. The van der Waals surface area contributed by atoms with Crippen LogP contribution in [0.15, 0.2) is 36.4 Å². The zero-order valence-corrected chi connectivity index (χ0v) is 11.7. The lowest BCUT2D eigenvalue weighted by Crippen LogP contribution is -2.07. The van der Waals surface area contributed by atoms with E-state index in [9.17, 15) is 0 Å². The largest absolute Gasteiger partial charge is 0.488 e. The van der Waals surface area contributed by atoms with Gasteiger partial charge in [-0.3, -0.25) is 0 Å². The van der Waals surface area contributed by atoms with E-state index in [1.807, 2.05) is 18.2 Å². The lowest BCUT2D eigenvalue weighted by molar-refractivity contribution is 0.366. The van der Waals surface area contributed by atoms with Crippen molar-refractivity contribution in [2.75, 3.05) is 6.61 Å². The van der Waals surface area contributed by atoms with Gasteiger partial charge in [0, 0.05) is 5.56 Å². The highest BCUT2D eigenvalue weighted by molar-refractivity contribution is 5.86. The summed E-state index contributed by atoms with van der Waals surface area (Å²) >= 11 is 0. The number of benzene rings is 2. The van der Waals surface area contributed by atoms with Gasteiger partial charge in [-0.25, -0.2) is 0 Å². The average molecular weight is 250 g/mol. The molecule has 0 saturated carbocycles. The first kappa shape index (κ1) is 12.0. The van der Waals surface area contributed by atoms with Crippen LogP contribution in [-0.2, 0) is 0 Å². The third-order valence-electron chi connectivity index (χ3n) is 3.93. The molecule has 1 heteroatoms. The highest BCUT2D eigenvalue weighted by atomic mass is 16.5. The Morgan fingerprint density at radius 3 is 2.37 bits per heavy atom. The fourth-order valence-corrected chi connectivity index (χ4v) is 2.50. The molecule has 1 heterocycles. The summed E-state index contributed by atoms with van der Waals surface area (Å²) in [4.78, 5) is 0. The molecule has 0 radical (unpaired) electrons. The van der Waals surface area contributed by atoms with Crippen LogP contribution in [0.25, 0.3) is 11.6 Å². The lowest BCUT2D eigenvalue weighted by atomic mass is 9.94. The molecule has 1 nitrogen and oxygen atoms in total. The minimum Gasteiger partial charge on any atom is -0.488 e. The van der Waals surface area contributed by atoms with Gasteiger partial charge in [-0.15, -0.1) is 0 Å². The predicted molar refractivity (Wildman–Crippen MR) is 80.5 cm³/mol. The van der Waals surface area contributed by atoms with Crippen molar-refractivity contribution in [3.05, 3.63) is 64.2 Å². The summed E-state index contributed by atoms with van der Waals surface area (Å²) in [6.45, 7) is 7.17. The SMILES string of the molecule is Cc1cc(C2=Cc3ccccc3OC2)cc(C)c1C. The fourth-order valence-electron chi connectivity index (χ4n) is 2.50. The third kappa shape index (κ3) is 2.17.